The molecule has 0 aliphatic rings. The summed E-state index contributed by atoms with van der Waals surface area (Å²) in [5.74, 6) is 0. The second-order valence-corrected chi connectivity index (χ2v) is 16.7. The van der Waals surface area contributed by atoms with Gasteiger partial charge in [0.1, 0.15) is 0 Å². The summed E-state index contributed by atoms with van der Waals surface area (Å²) in [7, 11) is -5.37. The molecule has 0 rings (SSSR count). The fourth-order valence-electron chi connectivity index (χ4n) is 2.27. The van der Waals surface area contributed by atoms with Crippen molar-refractivity contribution in [1.82, 2.24) is 0 Å². The maximum Gasteiger partial charge on any atom is 0.503 e. The predicted molar refractivity (Wildman–Crippen MR) is 100.0 cm³/mol. The molecule has 0 amide bonds. The third kappa shape index (κ3) is 7.37. The van der Waals surface area contributed by atoms with Crippen LogP contribution in [0.2, 0.25) is 31.4 Å². The smallest absolute Gasteiger partial charge is 0.456 e. The van der Waals surface area contributed by atoms with E-state index in [1.54, 1.807) is 0 Å². The molecule has 133 valence electrons. The second kappa shape index (κ2) is 11.1. The van der Waals surface area contributed by atoms with Crippen LogP contribution in [0.3, 0.4) is 0 Å². The maximum absolute atomic E-state index is 6.38. The Hall–Kier alpha value is 0.491. The summed E-state index contributed by atoms with van der Waals surface area (Å²) in [4.78, 5) is 0. The molecule has 0 bridgehead atoms. The molecular weight excluding hydrogens is 328 g/mol. The molecule has 0 aromatic carbocycles. The van der Waals surface area contributed by atoms with E-state index in [0.717, 1.165) is 19.3 Å². The molecule has 7 heteroatoms. The lowest BCUT2D eigenvalue weighted by molar-refractivity contribution is 0.0557. The monoisotopic (exact) mass is 365 g/mol. The molecule has 0 aromatic heterocycles. The second-order valence-electron chi connectivity index (χ2n) is 6.48. The Kier molecular flexibility index (Phi) is 11.4. The van der Waals surface area contributed by atoms with E-state index < -0.39 is 26.2 Å². The molecule has 0 fully saturated rings. The average Bonchev–Trinajstić information content (AvgIpc) is 2.45. The minimum atomic E-state index is -2.71. The van der Waals surface area contributed by atoms with Gasteiger partial charge in [0.25, 0.3) is 0 Å². The van der Waals surface area contributed by atoms with E-state index in [1.807, 2.05) is 0 Å². The fourth-order valence-corrected chi connectivity index (χ4v) is 14.3. The van der Waals surface area contributed by atoms with Crippen LogP contribution in [0.5, 0.6) is 0 Å². The summed E-state index contributed by atoms with van der Waals surface area (Å²) in [5.41, 5.74) is 0. The van der Waals surface area contributed by atoms with Gasteiger partial charge in [-0.2, -0.15) is 0 Å². The summed E-state index contributed by atoms with van der Waals surface area (Å²) in [5, 5.41) is 0.240. The maximum atomic E-state index is 6.38. The first-order valence-corrected chi connectivity index (χ1v) is 15.9. The lowest BCUT2D eigenvalue weighted by atomic mass is 10.5. The van der Waals surface area contributed by atoms with Crippen LogP contribution >= 0.6 is 0 Å². The molecule has 0 aliphatic carbocycles. The molecule has 1 atom stereocenters. The SMILES string of the molecule is CCCO[Si](OCCC)(OCCC)C(C)[Si](C)(C)O[Si](C)C. The van der Waals surface area contributed by atoms with Gasteiger partial charge < -0.3 is 17.4 Å². The van der Waals surface area contributed by atoms with Gasteiger partial charge in [-0.1, -0.05) is 27.7 Å². The Morgan fingerprint density at radius 2 is 1.18 bits per heavy atom. The van der Waals surface area contributed by atoms with Crippen molar-refractivity contribution in [2.45, 2.75) is 78.3 Å². The van der Waals surface area contributed by atoms with Gasteiger partial charge in [-0.3, -0.25) is 0 Å². The van der Waals surface area contributed by atoms with Crippen LogP contribution in [-0.4, -0.2) is 46.0 Å². The summed E-state index contributed by atoms with van der Waals surface area (Å²) < 4.78 is 25.2. The highest BCUT2D eigenvalue weighted by Gasteiger charge is 2.55. The average molecular weight is 366 g/mol. The van der Waals surface area contributed by atoms with Gasteiger partial charge in [-0.05, 0) is 45.5 Å². The van der Waals surface area contributed by atoms with Crippen LogP contribution in [0.1, 0.15) is 47.0 Å². The minimum absolute atomic E-state index is 0.240. The van der Waals surface area contributed by atoms with Gasteiger partial charge in [0.2, 0.25) is 0 Å². The van der Waals surface area contributed by atoms with E-state index in [9.17, 15) is 0 Å². The fraction of sp³-hybridized carbons (Fsp3) is 1.00. The van der Waals surface area contributed by atoms with Crippen LogP contribution in [0.25, 0.3) is 0 Å². The Labute approximate surface area is 142 Å². The molecule has 0 N–H and O–H groups in total. The van der Waals surface area contributed by atoms with E-state index in [2.05, 4.69) is 53.9 Å². The topological polar surface area (TPSA) is 36.9 Å². The Morgan fingerprint density at radius 3 is 1.45 bits per heavy atom. The Bertz CT molecular complexity index is 266. The van der Waals surface area contributed by atoms with Crippen LogP contribution in [0, 0.1) is 0 Å². The van der Waals surface area contributed by atoms with Crippen molar-refractivity contribution < 1.29 is 17.4 Å². The molecule has 1 radical (unpaired) electrons. The molecule has 22 heavy (non-hydrogen) atoms. The van der Waals surface area contributed by atoms with Crippen molar-refractivity contribution in [3.8, 4) is 0 Å². The quantitative estimate of drug-likeness (QED) is 0.447. The molecule has 1 unspecified atom stereocenters. The Balaban J connectivity index is 5.34. The first kappa shape index (κ1) is 22.5. The van der Waals surface area contributed by atoms with Crippen molar-refractivity contribution >= 4 is 26.2 Å². The molecule has 4 nitrogen and oxygen atoms in total. The van der Waals surface area contributed by atoms with E-state index in [1.165, 1.54) is 0 Å². The summed E-state index contributed by atoms with van der Waals surface area (Å²) in [6.45, 7) is 19.6. The van der Waals surface area contributed by atoms with Crippen LogP contribution in [-0.2, 0) is 17.4 Å². The molecule has 0 heterocycles. The summed E-state index contributed by atoms with van der Waals surface area (Å²) in [6, 6.07) is 0. The third-order valence-electron chi connectivity index (χ3n) is 3.56. The van der Waals surface area contributed by atoms with Crippen LogP contribution < -0.4 is 0 Å². The van der Waals surface area contributed by atoms with Gasteiger partial charge in [-0.15, -0.1) is 0 Å². The lowest BCUT2D eigenvalue weighted by Gasteiger charge is -2.41. The normalized spacial score (nSPS) is 14.6. The summed E-state index contributed by atoms with van der Waals surface area (Å²) >= 11 is 0. The first-order chi connectivity index (χ1) is 10.3. The zero-order valence-corrected chi connectivity index (χ0v) is 19.0. The highest BCUT2D eigenvalue weighted by molar-refractivity contribution is 6.90. The van der Waals surface area contributed by atoms with Crippen molar-refractivity contribution in [3.05, 3.63) is 0 Å². The Morgan fingerprint density at radius 1 is 0.818 bits per heavy atom. The molecule has 0 saturated carbocycles. The van der Waals surface area contributed by atoms with E-state index in [-0.39, 0.29) is 5.16 Å². The third-order valence-corrected chi connectivity index (χ3v) is 15.4. The van der Waals surface area contributed by atoms with Gasteiger partial charge >= 0.3 is 8.80 Å². The van der Waals surface area contributed by atoms with E-state index in [4.69, 9.17) is 17.4 Å². The van der Waals surface area contributed by atoms with Crippen molar-refractivity contribution in [2.24, 2.45) is 0 Å². The van der Waals surface area contributed by atoms with E-state index >= 15 is 0 Å². The molecule has 0 aliphatic heterocycles. The highest BCUT2D eigenvalue weighted by atomic mass is 28.5. The molecular formula is C15H37O4Si3. The first-order valence-electron chi connectivity index (χ1n) is 8.66. The molecule has 0 spiro atoms. The van der Waals surface area contributed by atoms with Gasteiger partial charge in [0.05, 0.1) is 0 Å². The van der Waals surface area contributed by atoms with Crippen molar-refractivity contribution in [2.75, 3.05) is 19.8 Å². The number of hydrogen-bond donors (Lipinski definition) is 0. The largest absolute Gasteiger partial charge is 0.503 e. The van der Waals surface area contributed by atoms with Gasteiger partial charge in [0, 0.05) is 25.0 Å². The van der Waals surface area contributed by atoms with Crippen LogP contribution in [0.15, 0.2) is 0 Å². The van der Waals surface area contributed by atoms with Crippen LogP contribution in [0.4, 0.5) is 0 Å². The zero-order valence-electron chi connectivity index (χ0n) is 16.0. The molecule has 0 aromatic rings. The highest BCUT2D eigenvalue weighted by Crippen LogP contribution is 2.35. The lowest BCUT2D eigenvalue weighted by Crippen LogP contribution is -2.59. The van der Waals surface area contributed by atoms with Crippen molar-refractivity contribution in [1.29, 1.82) is 0 Å². The number of hydrogen-bond acceptors (Lipinski definition) is 4. The summed E-state index contributed by atoms with van der Waals surface area (Å²) in [6.07, 6.45) is 2.93. The van der Waals surface area contributed by atoms with Gasteiger partial charge in [0.15, 0.2) is 17.4 Å². The predicted octanol–water partition coefficient (Wildman–Crippen LogP) is 4.61. The van der Waals surface area contributed by atoms with Crippen molar-refractivity contribution in [3.63, 3.8) is 0 Å². The minimum Gasteiger partial charge on any atom is -0.456 e. The van der Waals surface area contributed by atoms with E-state index in [0.29, 0.717) is 19.8 Å². The van der Waals surface area contributed by atoms with Gasteiger partial charge in [-0.25, -0.2) is 0 Å². The number of rotatable bonds is 13. The zero-order chi connectivity index (χ0) is 17.2. The standard InChI is InChI=1S/C15H37O4Si3/c1-9-12-16-22(17-13-10-2,18-14-11-3)15(4)21(7,8)19-20(5)6/h15H,9-14H2,1-8H3. The molecule has 0 saturated heterocycles.